The molecule has 1 N–H and O–H groups in total. The van der Waals surface area contributed by atoms with Crippen molar-refractivity contribution >= 4 is 23.0 Å². The second kappa shape index (κ2) is 5.62. The molecule has 1 heterocycles. The van der Waals surface area contributed by atoms with Crippen LogP contribution in [-0.4, -0.2) is 30.2 Å². The monoisotopic (exact) mass is 275 g/mol. The van der Waals surface area contributed by atoms with E-state index in [1.54, 1.807) is 20.2 Å². The van der Waals surface area contributed by atoms with E-state index in [1.807, 2.05) is 30.3 Å². The van der Waals surface area contributed by atoms with Crippen molar-refractivity contribution in [3.8, 4) is 10.4 Å². The minimum Gasteiger partial charge on any atom is -0.477 e. The molecule has 0 atom stereocenters. The van der Waals surface area contributed by atoms with Gasteiger partial charge in [0.05, 0.1) is 0 Å². The van der Waals surface area contributed by atoms with Crippen LogP contribution in [-0.2, 0) is 0 Å². The van der Waals surface area contributed by atoms with E-state index in [1.165, 1.54) is 16.3 Å². The van der Waals surface area contributed by atoms with Crippen molar-refractivity contribution in [3.05, 3.63) is 41.3 Å². The SMILES string of the molecule is CN(C)N=Nc1cc(-c2ccccc2)sc1C(=O)O. The van der Waals surface area contributed by atoms with Crippen molar-refractivity contribution in [2.75, 3.05) is 14.1 Å². The van der Waals surface area contributed by atoms with Crippen LogP contribution < -0.4 is 0 Å². The van der Waals surface area contributed by atoms with E-state index in [2.05, 4.69) is 10.3 Å². The number of carboxylic acids is 1. The molecule has 0 fully saturated rings. The second-order valence-corrected chi connectivity index (χ2v) is 5.09. The van der Waals surface area contributed by atoms with E-state index in [0.29, 0.717) is 5.69 Å². The highest BCUT2D eigenvalue weighted by Gasteiger charge is 2.16. The van der Waals surface area contributed by atoms with Gasteiger partial charge in [0.2, 0.25) is 0 Å². The summed E-state index contributed by atoms with van der Waals surface area (Å²) >= 11 is 1.20. The molecule has 2 rings (SSSR count). The number of carboxylic acid groups (broad SMARTS) is 1. The van der Waals surface area contributed by atoms with E-state index in [4.69, 9.17) is 0 Å². The Morgan fingerprint density at radius 3 is 2.53 bits per heavy atom. The number of hydrogen-bond acceptors (Lipinski definition) is 4. The highest BCUT2D eigenvalue weighted by molar-refractivity contribution is 7.17. The van der Waals surface area contributed by atoms with E-state index in [0.717, 1.165) is 10.4 Å². The molecule has 0 saturated carbocycles. The predicted molar refractivity (Wildman–Crippen MR) is 74.9 cm³/mol. The highest BCUT2D eigenvalue weighted by atomic mass is 32.1. The lowest BCUT2D eigenvalue weighted by atomic mass is 10.2. The normalized spacial score (nSPS) is 10.8. The fraction of sp³-hybridized carbons (Fsp3) is 0.154. The van der Waals surface area contributed by atoms with Gasteiger partial charge < -0.3 is 5.11 Å². The molecule has 98 valence electrons. The second-order valence-electron chi connectivity index (χ2n) is 4.03. The van der Waals surface area contributed by atoms with Crippen LogP contribution in [0.4, 0.5) is 5.69 Å². The average molecular weight is 275 g/mol. The summed E-state index contributed by atoms with van der Waals surface area (Å²) in [5, 5.41) is 18.5. The number of nitrogens with zero attached hydrogens (tertiary/aromatic N) is 3. The molecule has 0 amide bonds. The molecule has 0 saturated heterocycles. The van der Waals surface area contributed by atoms with Gasteiger partial charge in [0.1, 0.15) is 10.6 Å². The molecule has 1 aromatic carbocycles. The van der Waals surface area contributed by atoms with E-state index in [9.17, 15) is 9.90 Å². The van der Waals surface area contributed by atoms with Crippen LogP contribution in [0.5, 0.6) is 0 Å². The molecule has 19 heavy (non-hydrogen) atoms. The maximum absolute atomic E-state index is 11.2. The first-order valence-corrected chi connectivity index (χ1v) is 6.41. The number of thiophene rings is 1. The smallest absolute Gasteiger partial charge is 0.348 e. The van der Waals surface area contributed by atoms with Crippen molar-refractivity contribution in [1.82, 2.24) is 5.01 Å². The molecule has 0 spiro atoms. The third-order valence-electron chi connectivity index (χ3n) is 2.30. The number of benzene rings is 1. The highest BCUT2D eigenvalue weighted by Crippen LogP contribution is 2.36. The first-order chi connectivity index (χ1) is 9.08. The van der Waals surface area contributed by atoms with Gasteiger partial charge in [-0.05, 0) is 11.6 Å². The zero-order valence-corrected chi connectivity index (χ0v) is 11.4. The first kappa shape index (κ1) is 13.2. The van der Waals surface area contributed by atoms with Crippen LogP contribution in [0, 0.1) is 0 Å². The maximum Gasteiger partial charge on any atom is 0.348 e. The first-order valence-electron chi connectivity index (χ1n) is 5.59. The zero-order valence-electron chi connectivity index (χ0n) is 10.6. The summed E-state index contributed by atoms with van der Waals surface area (Å²) in [5.74, 6) is -0.986. The number of aromatic carboxylic acids is 1. The Labute approximate surface area is 114 Å². The van der Waals surface area contributed by atoms with Crippen molar-refractivity contribution in [1.29, 1.82) is 0 Å². The Morgan fingerprint density at radius 2 is 1.95 bits per heavy atom. The van der Waals surface area contributed by atoms with Gasteiger partial charge in [-0.2, -0.15) is 0 Å². The standard InChI is InChI=1S/C13H13N3O2S/c1-16(2)15-14-10-8-11(19-12(10)13(17)18)9-6-4-3-5-7-9/h3-8H,1-2H3,(H,17,18). The van der Waals surface area contributed by atoms with Gasteiger partial charge in [-0.3, -0.25) is 5.01 Å². The van der Waals surface area contributed by atoms with Gasteiger partial charge in [0, 0.05) is 19.0 Å². The molecule has 0 radical (unpaired) electrons. The summed E-state index contributed by atoms with van der Waals surface area (Å²) in [6, 6.07) is 11.4. The predicted octanol–water partition coefficient (Wildman–Crippen LogP) is 3.67. The van der Waals surface area contributed by atoms with Crippen LogP contribution >= 0.6 is 11.3 Å². The molecule has 0 bridgehead atoms. The number of hydrogen-bond donors (Lipinski definition) is 1. The van der Waals surface area contributed by atoms with Gasteiger partial charge in [0.25, 0.3) is 0 Å². The molecule has 5 nitrogen and oxygen atoms in total. The van der Waals surface area contributed by atoms with Crippen LogP contribution in [0.2, 0.25) is 0 Å². The minimum absolute atomic E-state index is 0.199. The van der Waals surface area contributed by atoms with Gasteiger partial charge in [-0.1, -0.05) is 35.6 Å². The third kappa shape index (κ3) is 3.17. The Hall–Kier alpha value is -2.21. The maximum atomic E-state index is 11.2. The Kier molecular flexibility index (Phi) is 3.91. The lowest BCUT2D eigenvalue weighted by molar-refractivity contribution is 0.0703. The molecular weight excluding hydrogens is 262 g/mol. The summed E-state index contributed by atoms with van der Waals surface area (Å²) in [5.41, 5.74) is 1.35. The summed E-state index contributed by atoms with van der Waals surface area (Å²) in [4.78, 5) is 12.3. The lowest BCUT2D eigenvalue weighted by Gasteiger charge is -1.99. The fourth-order valence-corrected chi connectivity index (χ4v) is 2.43. The van der Waals surface area contributed by atoms with Crippen LogP contribution in [0.15, 0.2) is 46.7 Å². The average Bonchev–Trinajstić information content (AvgIpc) is 2.81. The van der Waals surface area contributed by atoms with Gasteiger partial charge in [0.15, 0.2) is 0 Å². The van der Waals surface area contributed by atoms with E-state index < -0.39 is 5.97 Å². The van der Waals surface area contributed by atoms with E-state index in [-0.39, 0.29) is 4.88 Å². The molecule has 0 aliphatic rings. The number of carbonyl (C=O) groups is 1. The molecular formula is C13H13N3O2S. The summed E-state index contributed by atoms with van der Waals surface area (Å²) in [6.45, 7) is 0. The van der Waals surface area contributed by atoms with Crippen molar-refractivity contribution in [3.63, 3.8) is 0 Å². The Bertz CT molecular complexity index is 606. The largest absolute Gasteiger partial charge is 0.477 e. The quantitative estimate of drug-likeness (QED) is 0.684. The molecule has 0 aliphatic heterocycles. The molecule has 1 aromatic heterocycles. The van der Waals surface area contributed by atoms with Gasteiger partial charge in [-0.25, -0.2) is 4.79 Å². The third-order valence-corrected chi connectivity index (χ3v) is 3.46. The molecule has 6 heteroatoms. The number of rotatable bonds is 4. The Balaban J connectivity index is 2.44. The molecule has 2 aromatic rings. The fourth-order valence-electron chi connectivity index (χ4n) is 1.49. The Morgan fingerprint density at radius 1 is 1.26 bits per heavy atom. The summed E-state index contributed by atoms with van der Waals surface area (Å²) in [6.07, 6.45) is 0. The summed E-state index contributed by atoms with van der Waals surface area (Å²) in [7, 11) is 3.46. The van der Waals surface area contributed by atoms with Crippen molar-refractivity contribution in [2.45, 2.75) is 0 Å². The van der Waals surface area contributed by atoms with E-state index >= 15 is 0 Å². The molecule has 0 unspecified atom stereocenters. The summed E-state index contributed by atoms with van der Waals surface area (Å²) < 4.78 is 0. The van der Waals surface area contributed by atoms with Crippen molar-refractivity contribution < 1.29 is 9.90 Å². The molecule has 0 aliphatic carbocycles. The minimum atomic E-state index is -0.986. The lowest BCUT2D eigenvalue weighted by Crippen LogP contribution is -1.99. The van der Waals surface area contributed by atoms with Crippen LogP contribution in [0.1, 0.15) is 9.67 Å². The van der Waals surface area contributed by atoms with Gasteiger partial charge in [-0.15, -0.1) is 16.5 Å². The zero-order chi connectivity index (χ0) is 13.8. The topological polar surface area (TPSA) is 65.3 Å². The van der Waals surface area contributed by atoms with Gasteiger partial charge >= 0.3 is 5.97 Å². The van der Waals surface area contributed by atoms with Crippen molar-refractivity contribution in [2.24, 2.45) is 10.3 Å². The van der Waals surface area contributed by atoms with Crippen LogP contribution in [0.25, 0.3) is 10.4 Å². The van der Waals surface area contributed by atoms with Crippen LogP contribution in [0.3, 0.4) is 0 Å².